The first-order valence-corrected chi connectivity index (χ1v) is 4.60. The van der Waals surface area contributed by atoms with Gasteiger partial charge < -0.3 is 5.32 Å². The maximum absolute atomic E-state index is 10.3. The largest absolute Gasteiger partial charge is 0.366 e. The highest BCUT2D eigenvalue weighted by Crippen LogP contribution is 2.12. The predicted octanol–water partition coefficient (Wildman–Crippen LogP) is 2.03. The fraction of sp³-hybridized carbons (Fsp3) is 0.375. The van der Waals surface area contributed by atoms with E-state index in [4.69, 9.17) is 11.6 Å². The van der Waals surface area contributed by atoms with Crippen molar-refractivity contribution < 1.29 is 4.92 Å². The van der Waals surface area contributed by atoms with Crippen molar-refractivity contribution in [3.63, 3.8) is 0 Å². The zero-order valence-corrected chi connectivity index (χ0v) is 8.36. The average molecular weight is 216 g/mol. The Kier molecular flexibility index (Phi) is 3.64. The summed E-state index contributed by atoms with van der Waals surface area (Å²) in [6.45, 7) is 1.90. The van der Waals surface area contributed by atoms with Crippen molar-refractivity contribution in [2.24, 2.45) is 0 Å². The van der Waals surface area contributed by atoms with Gasteiger partial charge in [0.15, 0.2) is 0 Å². The molecule has 0 fully saturated rings. The lowest BCUT2D eigenvalue weighted by Gasteiger charge is -2.09. The molecule has 0 amide bonds. The zero-order valence-electron chi connectivity index (χ0n) is 7.61. The normalized spacial score (nSPS) is 12.1. The van der Waals surface area contributed by atoms with E-state index in [1.165, 1.54) is 12.3 Å². The fourth-order valence-corrected chi connectivity index (χ4v) is 0.948. The molecule has 6 heteroatoms. The highest BCUT2D eigenvalue weighted by molar-refractivity contribution is 6.18. The number of nitrogens with zero attached hydrogens (tertiary/aromatic N) is 2. The highest BCUT2D eigenvalue weighted by Gasteiger charge is 2.06. The lowest BCUT2D eigenvalue weighted by Crippen LogP contribution is -2.17. The van der Waals surface area contributed by atoms with Gasteiger partial charge in [-0.3, -0.25) is 10.1 Å². The first-order valence-electron chi connectivity index (χ1n) is 4.06. The van der Waals surface area contributed by atoms with Gasteiger partial charge in [0, 0.05) is 18.0 Å². The number of halogens is 1. The number of rotatable bonds is 4. The lowest BCUT2D eigenvalue weighted by atomic mass is 10.3. The summed E-state index contributed by atoms with van der Waals surface area (Å²) in [6.07, 6.45) is 1.21. The smallest absolute Gasteiger partial charge is 0.287 e. The molecular weight excluding hydrogens is 206 g/mol. The summed E-state index contributed by atoms with van der Waals surface area (Å²) < 4.78 is 0. The van der Waals surface area contributed by atoms with Gasteiger partial charge in [-0.2, -0.15) is 0 Å². The van der Waals surface area contributed by atoms with Crippen molar-refractivity contribution in [2.75, 3.05) is 11.2 Å². The maximum Gasteiger partial charge on any atom is 0.287 e. The summed E-state index contributed by atoms with van der Waals surface area (Å²) in [5, 5.41) is 13.3. The van der Waals surface area contributed by atoms with Crippen molar-refractivity contribution in [3.05, 3.63) is 28.4 Å². The summed E-state index contributed by atoms with van der Waals surface area (Å²) in [7, 11) is 0. The molecule has 0 aliphatic heterocycles. The van der Waals surface area contributed by atoms with Crippen LogP contribution in [-0.4, -0.2) is 21.8 Å². The standard InChI is InChI=1S/C8H10ClN3O2/c1-6(4-9)11-8-3-2-7(5-10-8)12(13)14/h2-3,5-6H,4H2,1H3,(H,10,11). The minimum Gasteiger partial charge on any atom is -0.366 e. The van der Waals surface area contributed by atoms with Crippen LogP contribution in [0.2, 0.25) is 0 Å². The number of aromatic nitrogens is 1. The van der Waals surface area contributed by atoms with E-state index in [0.717, 1.165) is 0 Å². The third-order valence-corrected chi connectivity index (χ3v) is 2.05. The van der Waals surface area contributed by atoms with Gasteiger partial charge in [0.05, 0.1) is 4.92 Å². The third kappa shape index (κ3) is 2.85. The van der Waals surface area contributed by atoms with Crippen molar-refractivity contribution in [1.82, 2.24) is 4.98 Å². The topological polar surface area (TPSA) is 68.1 Å². The van der Waals surface area contributed by atoms with Crippen LogP contribution >= 0.6 is 11.6 Å². The molecule has 1 aromatic heterocycles. The minimum absolute atomic E-state index is 0.0194. The summed E-state index contributed by atoms with van der Waals surface area (Å²) in [4.78, 5) is 13.7. The number of anilines is 1. The van der Waals surface area contributed by atoms with E-state index in [1.54, 1.807) is 6.07 Å². The van der Waals surface area contributed by atoms with Gasteiger partial charge in [-0.25, -0.2) is 4.98 Å². The van der Waals surface area contributed by atoms with Crippen LogP contribution in [0.3, 0.4) is 0 Å². The minimum atomic E-state index is -0.484. The highest BCUT2D eigenvalue weighted by atomic mass is 35.5. The second-order valence-corrected chi connectivity index (χ2v) is 3.17. The van der Waals surface area contributed by atoms with Crippen molar-refractivity contribution >= 4 is 23.1 Å². The van der Waals surface area contributed by atoms with Crippen LogP contribution in [-0.2, 0) is 0 Å². The Labute approximate surface area is 86.3 Å². The molecule has 1 N–H and O–H groups in total. The first-order chi connectivity index (χ1) is 6.63. The second kappa shape index (κ2) is 4.76. The molecule has 76 valence electrons. The van der Waals surface area contributed by atoms with E-state index in [-0.39, 0.29) is 11.7 Å². The average Bonchev–Trinajstić information content (AvgIpc) is 2.18. The molecule has 0 saturated carbocycles. The van der Waals surface area contributed by atoms with Crippen molar-refractivity contribution in [2.45, 2.75) is 13.0 Å². The van der Waals surface area contributed by atoms with Crippen LogP contribution in [0, 0.1) is 10.1 Å². The lowest BCUT2D eigenvalue weighted by molar-refractivity contribution is -0.385. The first kappa shape index (κ1) is 10.7. The molecule has 5 nitrogen and oxygen atoms in total. The Morgan fingerprint density at radius 3 is 2.86 bits per heavy atom. The van der Waals surface area contributed by atoms with Gasteiger partial charge >= 0.3 is 0 Å². The van der Waals surface area contributed by atoms with Gasteiger partial charge in [-0.1, -0.05) is 0 Å². The number of pyridine rings is 1. The van der Waals surface area contributed by atoms with Crippen LogP contribution in [0.25, 0.3) is 0 Å². The molecule has 1 atom stereocenters. The van der Waals surface area contributed by atoms with Gasteiger partial charge in [0.25, 0.3) is 5.69 Å². The van der Waals surface area contributed by atoms with E-state index in [9.17, 15) is 10.1 Å². The van der Waals surface area contributed by atoms with Crippen LogP contribution in [0.15, 0.2) is 18.3 Å². The Bertz CT molecular complexity index is 315. The number of alkyl halides is 1. The summed E-state index contributed by atoms with van der Waals surface area (Å²) in [6, 6.07) is 3.04. The predicted molar refractivity (Wildman–Crippen MR) is 54.7 cm³/mol. The van der Waals surface area contributed by atoms with Crippen molar-refractivity contribution in [3.8, 4) is 0 Å². The van der Waals surface area contributed by atoms with E-state index in [2.05, 4.69) is 10.3 Å². The van der Waals surface area contributed by atoms with E-state index >= 15 is 0 Å². The van der Waals surface area contributed by atoms with Crippen LogP contribution in [0.4, 0.5) is 11.5 Å². The molecule has 0 aliphatic rings. The molecule has 0 spiro atoms. The monoisotopic (exact) mass is 215 g/mol. The van der Waals surface area contributed by atoms with Gasteiger partial charge in [-0.05, 0) is 13.0 Å². The van der Waals surface area contributed by atoms with Crippen molar-refractivity contribution in [1.29, 1.82) is 0 Å². The Hall–Kier alpha value is -1.36. The molecule has 1 unspecified atom stereocenters. The quantitative estimate of drug-likeness (QED) is 0.474. The summed E-state index contributed by atoms with van der Waals surface area (Å²) >= 11 is 5.59. The SMILES string of the molecule is CC(CCl)Nc1ccc([N+](=O)[O-])cn1. The number of hydrogen-bond acceptors (Lipinski definition) is 4. The zero-order chi connectivity index (χ0) is 10.6. The summed E-state index contributed by atoms with van der Waals surface area (Å²) in [5.74, 6) is 1.04. The van der Waals surface area contributed by atoms with Crippen LogP contribution in [0.1, 0.15) is 6.92 Å². The van der Waals surface area contributed by atoms with Crippen LogP contribution in [0.5, 0.6) is 0 Å². The van der Waals surface area contributed by atoms with E-state index < -0.39 is 4.92 Å². The maximum atomic E-state index is 10.3. The molecular formula is C8H10ClN3O2. The molecule has 0 bridgehead atoms. The molecule has 0 aliphatic carbocycles. The number of nitrogens with one attached hydrogen (secondary N) is 1. The van der Waals surface area contributed by atoms with E-state index in [1.807, 2.05) is 6.92 Å². The molecule has 14 heavy (non-hydrogen) atoms. The number of nitro groups is 1. The molecule has 1 heterocycles. The Morgan fingerprint density at radius 2 is 2.43 bits per heavy atom. The summed E-state index contributed by atoms with van der Waals surface area (Å²) in [5.41, 5.74) is -0.0194. The molecule has 0 aromatic carbocycles. The molecule has 0 saturated heterocycles. The molecule has 1 rings (SSSR count). The fourth-order valence-electron chi connectivity index (χ4n) is 0.870. The van der Waals surface area contributed by atoms with Crippen LogP contribution < -0.4 is 5.32 Å². The van der Waals surface area contributed by atoms with E-state index in [0.29, 0.717) is 11.7 Å². The third-order valence-electron chi connectivity index (χ3n) is 1.58. The van der Waals surface area contributed by atoms with Gasteiger partial charge in [0.1, 0.15) is 12.0 Å². The Morgan fingerprint density at radius 1 is 1.71 bits per heavy atom. The Balaban J connectivity index is 2.68. The molecule has 0 radical (unpaired) electrons. The molecule has 1 aromatic rings. The van der Waals surface area contributed by atoms with Gasteiger partial charge in [-0.15, -0.1) is 11.6 Å². The van der Waals surface area contributed by atoms with Gasteiger partial charge in [0.2, 0.25) is 0 Å². The number of hydrogen-bond donors (Lipinski definition) is 1. The second-order valence-electron chi connectivity index (χ2n) is 2.86.